The van der Waals surface area contributed by atoms with Crippen molar-refractivity contribution in [2.45, 2.75) is 79.0 Å². The lowest BCUT2D eigenvalue weighted by Crippen LogP contribution is -2.23. The topological polar surface area (TPSA) is 112 Å². The second-order valence-corrected chi connectivity index (χ2v) is 13.9. The first kappa shape index (κ1) is 28.8. The maximum Gasteiger partial charge on any atom is 0.313 e. The summed E-state index contributed by atoms with van der Waals surface area (Å²) in [6.45, 7) is 16.1. The molecule has 0 fully saturated rings. The van der Waals surface area contributed by atoms with Crippen molar-refractivity contribution in [1.29, 1.82) is 0 Å². The molecule has 0 aliphatic rings. The summed E-state index contributed by atoms with van der Waals surface area (Å²) < 4.78 is 57.2. The Morgan fingerprint density at radius 2 is 1.57 bits per heavy atom. The normalized spacial score (nSPS) is 12.3. The van der Waals surface area contributed by atoms with Gasteiger partial charge in [-0.15, -0.1) is 0 Å². The average Bonchev–Trinajstić information content (AvgIpc) is 2.99. The van der Waals surface area contributed by atoms with E-state index in [0.29, 0.717) is 23.4 Å². The third-order valence-electron chi connectivity index (χ3n) is 5.81. The van der Waals surface area contributed by atoms with E-state index in [9.17, 15) is 21.6 Å². The number of benzene rings is 1. The molecule has 1 aromatic heterocycles. The molecule has 35 heavy (non-hydrogen) atoms. The van der Waals surface area contributed by atoms with Crippen molar-refractivity contribution in [1.82, 2.24) is 9.78 Å². The predicted octanol–water partition coefficient (Wildman–Crippen LogP) is 4.72. The molecule has 8 nitrogen and oxygen atoms in total. The summed E-state index contributed by atoms with van der Waals surface area (Å²) in [7, 11) is -7.57. The van der Waals surface area contributed by atoms with E-state index in [0.717, 1.165) is 17.4 Å². The predicted molar refractivity (Wildman–Crippen MR) is 138 cm³/mol. The number of ketones is 1. The van der Waals surface area contributed by atoms with Crippen LogP contribution >= 0.6 is 0 Å². The first-order valence-corrected chi connectivity index (χ1v) is 14.8. The van der Waals surface area contributed by atoms with Crippen LogP contribution in [0.15, 0.2) is 22.6 Å². The Kier molecular flexibility index (Phi) is 8.44. The first-order chi connectivity index (χ1) is 15.9. The molecular formula is C25H36N2O6S2. The summed E-state index contributed by atoms with van der Waals surface area (Å²) in [6.07, 6.45) is 1.13. The average molecular weight is 525 g/mol. The number of nitrogens with zero attached hydrogens (tertiary/aromatic N) is 2. The molecule has 0 spiro atoms. The number of rotatable bonds is 9. The number of aromatic nitrogens is 2. The van der Waals surface area contributed by atoms with E-state index in [1.807, 2.05) is 34.6 Å². The van der Waals surface area contributed by atoms with Crippen LogP contribution in [0.2, 0.25) is 0 Å². The molecule has 2 rings (SSSR count). The molecule has 194 valence electrons. The molecule has 1 heterocycles. The lowest BCUT2D eigenvalue weighted by atomic mass is 9.91. The summed E-state index contributed by atoms with van der Waals surface area (Å²) in [4.78, 5) is 14.0. The highest BCUT2D eigenvalue weighted by Crippen LogP contribution is 2.34. The van der Waals surface area contributed by atoms with E-state index in [-0.39, 0.29) is 27.8 Å². The highest BCUT2D eigenvalue weighted by molar-refractivity contribution is 7.90. The number of hydrogen-bond donors (Lipinski definition) is 0. The molecule has 0 N–H and O–H groups in total. The lowest BCUT2D eigenvalue weighted by Gasteiger charge is -2.18. The molecule has 1 aromatic carbocycles. The standard InChI is InChI=1S/C25H36N2O6S2/c1-14(2)13-27-25(33-35(31,32)16(5)6)23(19(9)26-27)24(28)20-11-12-21(34(10,29)30)22(18(20)8)17(7)15(3)4/h11-12,14,16H,13H2,1-10H3. The molecule has 0 aliphatic carbocycles. The summed E-state index contributed by atoms with van der Waals surface area (Å²) in [5.41, 5.74) is 3.27. The van der Waals surface area contributed by atoms with E-state index in [1.165, 1.54) is 30.7 Å². The molecule has 0 amide bonds. The van der Waals surface area contributed by atoms with Crippen molar-refractivity contribution in [2.75, 3.05) is 6.26 Å². The Morgan fingerprint density at radius 3 is 2.03 bits per heavy atom. The summed E-state index contributed by atoms with van der Waals surface area (Å²) in [6, 6.07) is 2.90. The third kappa shape index (κ3) is 6.03. The van der Waals surface area contributed by atoms with Gasteiger partial charge in [-0.2, -0.15) is 13.5 Å². The zero-order chi connectivity index (χ0) is 27.0. The Morgan fingerprint density at radius 1 is 1.00 bits per heavy atom. The van der Waals surface area contributed by atoms with E-state index < -0.39 is 31.0 Å². The Labute approximate surface area is 209 Å². The molecule has 0 unspecified atom stereocenters. The van der Waals surface area contributed by atoms with Gasteiger partial charge in [0.25, 0.3) is 0 Å². The zero-order valence-corrected chi connectivity index (χ0v) is 23.8. The maximum absolute atomic E-state index is 13.9. The van der Waals surface area contributed by atoms with Crippen LogP contribution < -0.4 is 4.18 Å². The van der Waals surface area contributed by atoms with E-state index >= 15 is 0 Å². The number of carbonyl (C=O) groups is 1. The highest BCUT2D eigenvalue weighted by Gasteiger charge is 2.31. The molecule has 0 atom stereocenters. The van der Waals surface area contributed by atoms with Crippen LogP contribution in [-0.4, -0.2) is 43.9 Å². The van der Waals surface area contributed by atoms with E-state index in [1.54, 1.807) is 13.8 Å². The van der Waals surface area contributed by atoms with Gasteiger partial charge in [0.2, 0.25) is 11.7 Å². The molecule has 0 saturated carbocycles. The van der Waals surface area contributed by atoms with Crippen molar-refractivity contribution in [2.24, 2.45) is 5.92 Å². The van der Waals surface area contributed by atoms with Crippen LogP contribution in [0, 0.1) is 19.8 Å². The van der Waals surface area contributed by atoms with Gasteiger partial charge in [0.05, 0.1) is 15.8 Å². The molecule has 0 saturated heterocycles. The maximum atomic E-state index is 13.9. The minimum atomic E-state index is -4.00. The van der Waals surface area contributed by atoms with Crippen LogP contribution in [0.3, 0.4) is 0 Å². The van der Waals surface area contributed by atoms with Gasteiger partial charge < -0.3 is 4.18 Å². The van der Waals surface area contributed by atoms with Gasteiger partial charge >= 0.3 is 10.1 Å². The summed E-state index contributed by atoms with van der Waals surface area (Å²) in [5, 5.41) is 3.59. The SMILES string of the molecule is CC(C)=C(C)c1c(S(C)(=O)=O)ccc(C(=O)c2c(C)nn(CC(C)C)c2OS(=O)(=O)C(C)C)c1C. The molecule has 0 radical (unpaired) electrons. The van der Waals surface area contributed by atoms with Crippen LogP contribution in [0.25, 0.3) is 5.57 Å². The molecule has 0 aliphatic heterocycles. The summed E-state index contributed by atoms with van der Waals surface area (Å²) in [5.74, 6) is -0.488. The smallest absolute Gasteiger partial charge is 0.313 e. The van der Waals surface area contributed by atoms with Crippen LogP contribution in [0.4, 0.5) is 0 Å². The molecule has 10 heteroatoms. The van der Waals surface area contributed by atoms with Gasteiger partial charge in [-0.1, -0.05) is 19.4 Å². The van der Waals surface area contributed by atoms with Crippen molar-refractivity contribution in [3.8, 4) is 5.88 Å². The van der Waals surface area contributed by atoms with E-state index in [2.05, 4.69) is 5.10 Å². The van der Waals surface area contributed by atoms with Crippen molar-refractivity contribution < 1.29 is 25.8 Å². The second kappa shape index (κ2) is 10.3. The fourth-order valence-corrected chi connectivity index (χ4v) is 5.25. The van der Waals surface area contributed by atoms with Gasteiger partial charge in [0.1, 0.15) is 5.56 Å². The number of carbonyl (C=O) groups excluding carboxylic acids is 1. The van der Waals surface area contributed by atoms with Crippen LogP contribution in [0.1, 0.15) is 81.2 Å². The fourth-order valence-electron chi connectivity index (χ4n) is 3.67. The fraction of sp³-hybridized carbons (Fsp3) is 0.520. The Bertz CT molecular complexity index is 1390. The molecule has 2 aromatic rings. The summed E-state index contributed by atoms with van der Waals surface area (Å²) >= 11 is 0. The minimum absolute atomic E-state index is 0.0471. The van der Waals surface area contributed by atoms with Crippen molar-refractivity contribution >= 4 is 31.3 Å². The Balaban J connectivity index is 2.87. The first-order valence-electron chi connectivity index (χ1n) is 11.4. The third-order valence-corrected chi connectivity index (χ3v) is 8.50. The zero-order valence-electron chi connectivity index (χ0n) is 22.2. The van der Waals surface area contributed by atoms with Crippen LogP contribution in [-0.2, 0) is 26.5 Å². The van der Waals surface area contributed by atoms with E-state index in [4.69, 9.17) is 4.18 Å². The lowest BCUT2D eigenvalue weighted by molar-refractivity contribution is 0.103. The van der Waals surface area contributed by atoms with Gasteiger partial charge in [-0.3, -0.25) is 4.79 Å². The van der Waals surface area contributed by atoms with Crippen molar-refractivity contribution in [3.63, 3.8) is 0 Å². The van der Waals surface area contributed by atoms with Gasteiger partial charge in [0, 0.05) is 18.4 Å². The largest absolute Gasteiger partial charge is 0.361 e. The van der Waals surface area contributed by atoms with Gasteiger partial charge in [-0.05, 0) is 83.2 Å². The number of allylic oxidation sites excluding steroid dienone is 2. The molecular weight excluding hydrogens is 488 g/mol. The minimum Gasteiger partial charge on any atom is -0.361 e. The molecule has 0 bridgehead atoms. The highest BCUT2D eigenvalue weighted by atomic mass is 32.2. The number of aryl methyl sites for hydroxylation is 1. The van der Waals surface area contributed by atoms with Crippen molar-refractivity contribution in [3.05, 3.63) is 45.7 Å². The van der Waals surface area contributed by atoms with Gasteiger partial charge in [-0.25, -0.2) is 13.1 Å². The quantitative estimate of drug-likeness (QED) is 0.344. The Hall–Kier alpha value is -2.46. The van der Waals surface area contributed by atoms with Crippen LogP contribution in [0.5, 0.6) is 5.88 Å². The van der Waals surface area contributed by atoms with Gasteiger partial charge in [0.15, 0.2) is 9.84 Å². The number of hydrogen-bond acceptors (Lipinski definition) is 7. The monoisotopic (exact) mass is 524 g/mol. The number of sulfone groups is 1. The second-order valence-electron chi connectivity index (χ2n) is 9.80.